The molecule has 0 bridgehead atoms. The van der Waals surface area contributed by atoms with E-state index in [1.807, 2.05) is 17.0 Å². The van der Waals surface area contributed by atoms with Crippen LogP contribution in [-0.2, 0) is 5.41 Å². The first-order valence-corrected chi connectivity index (χ1v) is 8.25. The van der Waals surface area contributed by atoms with Crippen LogP contribution in [0.4, 0.5) is 10.5 Å². The standard InChI is InChI=1S/C18H23N5O/c1-18(2,3)16-20-11-14(12-21-16)22-17(24)23-10-4-5-15(23)13-6-8-19-9-7-13/h6-9,11-12,15H,4-5,10H2,1-3H3,(H,22,24)/t15-/m1/s1. The van der Waals surface area contributed by atoms with Gasteiger partial charge >= 0.3 is 6.03 Å². The molecular weight excluding hydrogens is 302 g/mol. The van der Waals surface area contributed by atoms with Gasteiger partial charge in [-0.05, 0) is 30.5 Å². The first-order valence-electron chi connectivity index (χ1n) is 8.25. The molecule has 1 N–H and O–H groups in total. The highest BCUT2D eigenvalue weighted by Gasteiger charge is 2.30. The van der Waals surface area contributed by atoms with Gasteiger partial charge in [-0.3, -0.25) is 4.98 Å². The highest BCUT2D eigenvalue weighted by molar-refractivity contribution is 5.89. The molecule has 2 amide bonds. The van der Waals surface area contributed by atoms with Gasteiger partial charge < -0.3 is 10.2 Å². The fourth-order valence-corrected chi connectivity index (χ4v) is 2.92. The predicted octanol–water partition coefficient (Wildman–Crippen LogP) is 3.54. The number of aromatic nitrogens is 3. The van der Waals surface area contributed by atoms with Crippen molar-refractivity contribution in [2.24, 2.45) is 0 Å². The van der Waals surface area contributed by atoms with Crippen LogP contribution in [-0.4, -0.2) is 32.4 Å². The largest absolute Gasteiger partial charge is 0.322 e. The summed E-state index contributed by atoms with van der Waals surface area (Å²) in [6.45, 7) is 6.93. The van der Waals surface area contributed by atoms with Gasteiger partial charge in [0, 0.05) is 24.4 Å². The molecule has 2 aromatic rings. The van der Waals surface area contributed by atoms with E-state index in [1.165, 1.54) is 0 Å². The monoisotopic (exact) mass is 325 g/mol. The Bertz CT molecular complexity index is 694. The number of pyridine rings is 1. The molecule has 2 aromatic heterocycles. The third-order valence-electron chi connectivity index (χ3n) is 4.18. The first-order chi connectivity index (χ1) is 11.4. The van der Waals surface area contributed by atoms with E-state index in [0.717, 1.165) is 30.8 Å². The van der Waals surface area contributed by atoms with Crippen molar-refractivity contribution in [3.63, 3.8) is 0 Å². The molecule has 3 rings (SSSR count). The molecule has 0 aromatic carbocycles. The van der Waals surface area contributed by atoms with E-state index in [0.29, 0.717) is 5.69 Å². The molecule has 0 aliphatic carbocycles. The lowest BCUT2D eigenvalue weighted by molar-refractivity contribution is 0.207. The predicted molar refractivity (Wildman–Crippen MR) is 92.7 cm³/mol. The zero-order valence-electron chi connectivity index (χ0n) is 14.4. The van der Waals surface area contributed by atoms with Crippen LogP contribution < -0.4 is 5.32 Å². The van der Waals surface area contributed by atoms with Crippen molar-refractivity contribution < 1.29 is 4.79 Å². The summed E-state index contributed by atoms with van der Waals surface area (Å²) in [6.07, 6.45) is 8.84. The quantitative estimate of drug-likeness (QED) is 0.917. The molecule has 1 aliphatic heterocycles. The topological polar surface area (TPSA) is 71.0 Å². The lowest BCUT2D eigenvalue weighted by atomic mass is 9.96. The third-order valence-corrected chi connectivity index (χ3v) is 4.18. The first kappa shape index (κ1) is 16.4. The van der Waals surface area contributed by atoms with Gasteiger partial charge in [-0.25, -0.2) is 14.8 Å². The van der Waals surface area contributed by atoms with E-state index in [4.69, 9.17) is 0 Å². The van der Waals surface area contributed by atoms with E-state index < -0.39 is 0 Å². The SMILES string of the molecule is CC(C)(C)c1ncc(NC(=O)N2CCC[C@@H]2c2ccncc2)cn1. The number of hydrogen-bond acceptors (Lipinski definition) is 4. The van der Waals surface area contributed by atoms with Crippen molar-refractivity contribution in [2.45, 2.75) is 45.1 Å². The Balaban J connectivity index is 1.70. The van der Waals surface area contributed by atoms with Crippen LogP contribution in [0.15, 0.2) is 36.9 Å². The van der Waals surface area contributed by atoms with Gasteiger partial charge in [0.05, 0.1) is 24.1 Å². The molecule has 6 nitrogen and oxygen atoms in total. The fraction of sp³-hybridized carbons (Fsp3) is 0.444. The van der Waals surface area contributed by atoms with Crippen molar-refractivity contribution >= 4 is 11.7 Å². The summed E-state index contributed by atoms with van der Waals surface area (Å²) in [6, 6.07) is 3.93. The van der Waals surface area contributed by atoms with Crippen molar-refractivity contribution in [2.75, 3.05) is 11.9 Å². The van der Waals surface area contributed by atoms with E-state index in [1.54, 1.807) is 24.8 Å². The van der Waals surface area contributed by atoms with E-state index in [2.05, 4.69) is 41.0 Å². The van der Waals surface area contributed by atoms with Crippen molar-refractivity contribution in [1.29, 1.82) is 0 Å². The van der Waals surface area contributed by atoms with Gasteiger partial charge in [-0.1, -0.05) is 20.8 Å². The maximum Gasteiger partial charge on any atom is 0.322 e. The number of rotatable bonds is 2. The molecular formula is C18H23N5O. The number of amides is 2. The molecule has 0 saturated carbocycles. The van der Waals surface area contributed by atoms with Crippen LogP contribution >= 0.6 is 0 Å². The van der Waals surface area contributed by atoms with Gasteiger partial charge in [0.25, 0.3) is 0 Å². The highest BCUT2D eigenvalue weighted by Crippen LogP contribution is 2.32. The number of anilines is 1. The minimum Gasteiger partial charge on any atom is -0.317 e. The average molecular weight is 325 g/mol. The zero-order chi connectivity index (χ0) is 17.2. The van der Waals surface area contributed by atoms with Gasteiger partial charge in [-0.2, -0.15) is 0 Å². The van der Waals surface area contributed by atoms with Crippen LogP contribution in [0.25, 0.3) is 0 Å². The number of carbonyl (C=O) groups excluding carboxylic acids is 1. The van der Waals surface area contributed by atoms with E-state index in [-0.39, 0.29) is 17.5 Å². The molecule has 0 spiro atoms. The van der Waals surface area contributed by atoms with Crippen LogP contribution in [0.3, 0.4) is 0 Å². The molecule has 1 fully saturated rings. The highest BCUT2D eigenvalue weighted by atomic mass is 16.2. The number of urea groups is 1. The molecule has 0 unspecified atom stereocenters. The molecule has 126 valence electrons. The Hall–Kier alpha value is -2.50. The fourth-order valence-electron chi connectivity index (χ4n) is 2.92. The number of nitrogens with one attached hydrogen (secondary N) is 1. The van der Waals surface area contributed by atoms with Crippen LogP contribution in [0.2, 0.25) is 0 Å². The summed E-state index contributed by atoms with van der Waals surface area (Å²) in [4.78, 5) is 27.2. The summed E-state index contributed by atoms with van der Waals surface area (Å²) in [5.41, 5.74) is 1.63. The third kappa shape index (κ3) is 3.53. The summed E-state index contributed by atoms with van der Waals surface area (Å²) < 4.78 is 0. The average Bonchev–Trinajstić information content (AvgIpc) is 3.05. The van der Waals surface area contributed by atoms with Crippen molar-refractivity contribution in [3.05, 3.63) is 48.3 Å². The molecule has 1 saturated heterocycles. The number of likely N-dealkylation sites (tertiary alicyclic amines) is 1. The Morgan fingerprint density at radius 2 is 1.88 bits per heavy atom. The molecule has 1 atom stereocenters. The Kier molecular flexibility index (Phi) is 4.46. The van der Waals surface area contributed by atoms with Crippen LogP contribution in [0.5, 0.6) is 0 Å². The van der Waals surface area contributed by atoms with E-state index >= 15 is 0 Å². The summed E-state index contributed by atoms with van der Waals surface area (Å²) in [5, 5.41) is 2.91. The second-order valence-corrected chi connectivity index (χ2v) is 7.11. The zero-order valence-corrected chi connectivity index (χ0v) is 14.4. The van der Waals surface area contributed by atoms with Crippen LogP contribution in [0.1, 0.15) is 51.0 Å². The smallest absolute Gasteiger partial charge is 0.317 e. The summed E-state index contributed by atoms with van der Waals surface area (Å²) in [7, 11) is 0. The second kappa shape index (κ2) is 6.55. The van der Waals surface area contributed by atoms with Crippen LogP contribution in [0, 0.1) is 0 Å². The summed E-state index contributed by atoms with van der Waals surface area (Å²) in [5.74, 6) is 0.760. The van der Waals surface area contributed by atoms with Gasteiger partial charge in [0.15, 0.2) is 0 Å². The molecule has 24 heavy (non-hydrogen) atoms. The maximum atomic E-state index is 12.6. The molecule has 0 radical (unpaired) electrons. The normalized spacial score (nSPS) is 17.8. The number of carbonyl (C=O) groups is 1. The molecule has 6 heteroatoms. The Morgan fingerprint density at radius 1 is 1.21 bits per heavy atom. The Labute approximate surface area is 142 Å². The Morgan fingerprint density at radius 3 is 2.50 bits per heavy atom. The van der Waals surface area contributed by atoms with Gasteiger partial charge in [0.1, 0.15) is 5.82 Å². The second-order valence-electron chi connectivity index (χ2n) is 7.11. The minimum atomic E-state index is -0.110. The van der Waals surface area contributed by atoms with Crippen molar-refractivity contribution in [1.82, 2.24) is 19.9 Å². The molecule has 1 aliphatic rings. The lowest BCUT2D eigenvalue weighted by Gasteiger charge is -2.25. The lowest BCUT2D eigenvalue weighted by Crippen LogP contribution is -2.34. The van der Waals surface area contributed by atoms with Crippen molar-refractivity contribution in [3.8, 4) is 0 Å². The minimum absolute atomic E-state index is 0.0998. The van der Waals surface area contributed by atoms with Gasteiger partial charge in [-0.15, -0.1) is 0 Å². The maximum absolute atomic E-state index is 12.6. The summed E-state index contributed by atoms with van der Waals surface area (Å²) >= 11 is 0. The number of hydrogen-bond donors (Lipinski definition) is 1. The van der Waals surface area contributed by atoms with Gasteiger partial charge in [0.2, 0.25) is 0 Å². The van der Waals surface area contributed by atoms with E-state index in [9.17, 15) is 4.79 Å². The number of nitrogens with zero attached hydrogens (tertiary/aromatic N) is 4. The molecule has 3 heterocycles.